The van der Waals surface area contributed by atoms with E-state index in [2.05, 4.69) is 10.8 Å². The van der Waals surface area contributed by atoms with Crippen LogP contribution in [0.1, 0.15) is 45.1 Å². The predicted octanol–water partition coefficient (Wildman–Crippen LogP) is 3.09. The van der Waals surface area contributed by atoms with Crippen molar-refractivity contribution in [3.05, 3.63) is 40.7 Å². The van der Waals surface area contributed by atoms with Gasteiger partial charge in [-0.3, -0.25) is 9.59 Å². The van der Waals surface area contributed by atoms with E-state index in [0.717, 1.165) is 24.8 Å². The summed E-state index contributed by atoms with van der Waals surface area (Å²) in [5, 5.41) is 3.27. The molecule has 1 atom stereocenters. The molecular weight excluding hydrogens is 332 g/mol. The summed E-state index contributed by atoms with van der Waals surface area (Å²) in [5.41, 5.74) is 3.17. The Morgan fingerprint density at radius 2 is 2.21 bits per heavy atom. The highest BCUT2D eigenvalue weighted by Gasteiger charge is 2.19. The molecule has 2 aromatic heterocycles. The van der Waals surface area contributed by atoms with Gasteiger partial charge in [0.1, 0.15) is 0 Å². The van der Waals surface area contributed by atoms with E-state index in [1.807, 2.05) is 0 Å². The van der Waals surface area contributed by atoms with E-state index in [1.165, 1.54) is 17.6 Å². The third kappa shape index (κ3) is 4.02. The first-order valence-corrected chi connectivity index (χ1v) is 8.48. The number of hydrogen-bond acceptors (Lipinski definition) is 6. The number of nitrogens with one attached hydrogen (secondary N) is 2. The summed E-state index contributed by atoms with van der Waals surface area (Å²) in [6.45, 7) is 2.44. The normalized spacial score (nSPS) is 17.5. The lowest BCUT2D eigenvalue weighted by Gasteiger charge is -2.21. The van der Waals surface area contributed by atoms with Crippen LogP contribution in [-0.4, -0.2) is 24.7 Å². The molecule has 1 unspecified atom stereocenters. The van der Waals surface area contributed by atoms with Crippen LogP contribution in [0.3, 0.4) is 0 Å². The summed E-state index contributed by atoms with van der Waals surface area (Å²) >= 11 is 1.17. The van der Waals surface area contributed by atoms with E-state index in [9.17, 15) is 9.59 Å². The second kappa shape index (κ2) is 7.61. The van der Waals surface area contributed by atoms with Gasteiger partial charge < -0.3 is 14.5 Å². The fourth-order valence-electron chi connectivity index (χ4n) is 2.32. The van der Waals surface area contributed by atoms with Crippen molar-refractivity contribution >= 4 is 28.2 Å². The van der Waals surface area contributed by atoms with Gasteiger partial charge in [-0.2, -0.15) is 0 Å². The fourth-order valence-corrected chi connectivity index (χ4v) is 3.27. The Bertz CT molecular complexity index is 704. The van der Waals surface area contributed by atoms with Gasteiger partial charge in [-0.25, -0.2) is 10.3 Å². The number of furan rings is 1. The highest BCUT2D eigenvalue weighted by molar-refractivity contribution is 7.18. The number of anilines is 1. The Balaban J connectivity index is 1.58. The van der Waals surface area contributed by atoms with Crippen LogP contribution in [0, 0.1) is 6.92 Å². The topological polar surface area (TPSA) is 89.8 Å². The molecule has 0 radical (unpaired) electrons. The quantitative estimate of drug-likeness (QED) is 0.809. The Morgan fingerprint density at radius 3 is 2.92 bits per heavy atom. The number of ether oxygens (including phenoxy) is 1. The highest BCUT2D eigenvalue weighted by Crippen LogP contribution is 2.27. The Hall–Kier alpha value is -2.16. The zero-order chi connectivity index (χ0) is 16.9. The molecule has 1 fully saturated rings. The van der Waals surface area contributed by atoms with Gasteiger partial charge in [0, 0.05) is 13.0 Å². The summed E-state index contributed by atoms with van der Waals surface area (Å²) < 4.78 is 10.4. The highest BCUT2D eigenvalue weighted by atomic mass is 32.1. The van der Waals surface area contributed by atoms with Gasteiger partial charge in [-0.15, -0.1) is 11.3 Å². The zero-order valence-electron chi connectivity index (χ0n) is 13.2. The zero-order valence-corrected chi connectivity index (χ0v) is 14.0. The van der Waals surface area contributed by atoms with Crippen molar-refractivity contribution in [1.82, 2.24) is 5.48 Å². The van der Waals surface area contributed by atoms with E-state index in [4.69, 9.17) is 14.0 Å². The lowest BCUT2D eigenvalue weighted by Crippen LogP contribution is -2.33. The van der Waals surface area contributed by atoms with Crippen LogP contribution in [0.25, 0.3) is 0 Å². The van der Waals surface area contributed by atoms with Gasteiger partial charge in [0.05, 0.1) is 16.1 Å². The SMILES string of the molecule is Cc1cc(NC(=O)c2ccco2)sc1C(=O)NOC1CCCCO1. The number of aryl methyl sites for hydroxylation is 1. The molecule has 1 aliphatic heterocycles. The van der Waals surface area contributed by atoms with Crippen LogP contribution in [0.5, 0.6) is 0 Å². The predicted molar refractivity (Wildman–Crippen MR) is 87.9 cm³/mol. The second-order valence-electron chi connectivity index (χ2n) is 5.40. The maximum Gasteiger partial charge on any atom is 0.291 e. The summed E-state index contributed by atoms with van der Waals surface area (Å²) in [6, 6.07) is 4.94. The number of carbonyl (C=O) groups excluding carboxylic acids is 2. The first-order valence-electron chi connectivity index (χ1n) is 7.66. The number of amides is 2. The van der Waals surface area contributed by atoms with Crippen LogP contribution in [0.2, 0.25) is 0 Å². The van der Waals surface area contributed by atoms with Crippen LogP contribution < -0.4 is 10.8 Å². The van der Waals surface area contributed by atoms with E-state index in [0.29, 0.717) is 16.5 Å². The third-order valence-corrected chi connectivity index (χ3v) is 4.68. The lowest BCUT2D eigenvalue weighted by atomic mass is 10.2. The van der Waals surface area contributed by atoms with Gasteiger partial charge in [-0.05, 0) is 43.5 Å². The minimum absolute atomic E-state index is 0.213. The van der Waals surface area contributed by atoms with Crippen LogP contribution in [-0.2, 0) is 9.57 Å². The van der Waals surface area contributed by atoms with Gasteiger partial charge in [0.25, 0.3) is 11.8 Å². The number of thiophene rings is 1. The molecule has 0 spiro atoms. The van der Waals surface area contributed by atoms with E-state index in [-0.39, 0.29) is 17.6 Å². The summed E-state index contributed by atoms with van der Waals surface area (Å²) in [4.78, 5) is 29.9. The molecule has 3 rings (SSSR count). The van der Waals surface area contributed by atoms with E-state index < -0.39 is 6.29 Å². The molecule has 0 saturated carbocycles. The fraction of sp³-hybridized carbons (Fsp3) is 0.375. The van der Waals surface area contributed by atoms with Crippen molar-refractivity contribution < 1.29 is 23.6 Å². The number of hydrogen-bond donors (Lipinski definition) is 2. The maximum atomic E-state index is 12.2. The molecule has 1 saturated heterocycles. The Kier molecular flexibility index (Phi) is 5.29. The molecule has 0 aliphatic carbocycles. The average Bonchev–Trinajstić information content (AvgIpc) is 3.23. The molecule has 0 bridgehead atoms. The summed E-state index contributed by atoms with van der Waals surface area (Å²) in [7, 11) is 0. The molecular formula is C16H18N2O5S. The van der Waals surface area contributed by atoms with Crippen LogP contribution >= 0.6 is 11.3 Å². The smallest absolute Gasteiger partial charge is 0.291 e. The largest absolute Gasteiger partial charge is 0.459 e. The molecule has 1 aliphatic rings. The minimum Gasteiger partial charge on any atom is -0.459 e. The molecule has 2 aromatic rings. The molecule has 3 heterocycles. The second-order valence-corrected chi connectivity index (χ2v) is 6.45. The molecule has 7 nitrogen and oxygen atoms in total. The minimum atomic E-state index is -0.402. The van der Waals surface area contributed by atoms with Crippen molar-refractivity contribution in [3.63, 3.8) is 0 Å². The Labute approximate surface area is 142 Å². The number of rotatable bonds is 5. The van der Waals surface area contributed by atoms with Gasteiger partial charge >= 0.3 is 0 Å². The summed E-state index contributed by atoms with van der Waals surface area (Å²) in [5.74, 6) is -0.505. The van der Waals surface area contributed by atoms with E-state index >= 15 is 0 Å². The Morgan fingerprint density at radius 1 is 1.33 bits per heavy atom. The van der Waals surface area contributed by atoms with Crippen molar-refractivity contribution in [2.24, 2.45) is 0 Å². The maximum absolute atomic E-state index is 12.2. The first-order chi connectivity index (χ1) is 11.6. The molecule has 24 heavy (non-hydrogen) atoms. The van der Waals surface area contributed by atoms with Gasteiger partial charge in [-0.1, -0.05) is 0 Å². The first kappa shape index (κ1) is 16.7. The van der Waals surface area contributed by atoms with Gasteiger partial charge in [0.2, 0.25) is 0 Å². The number of carbonyl (C=O) groups is 2. The third-order valence-electron chi connectivity index (χ3n) is 3.53. The molecule has 128 valence electrons. The molecule has 8 heteroatoms. The lowest BCUT2D eigenvalue weighted by molar-refractivity contribution is -0.186. The summed E-state index contributed by atoms with van der Waals surface area (Å²) in [6.07, 6.45) is 3.81. The van der Waals surface area contributed by atoms with Crippen LogP contribution in [0.4, 0.5) is 5.00 Å². The van der Waals surface area contributed by atoms with Crippen LogP contribution in [0.15, 0.2) is 28.9 Å². The van der Waals surface area contributed by atoms with Crippen molar-refractivity contribution in [3.8, 4) is 0 Å². The molecule has 0 aromatic carbocycles. The average molecular weight is 350 g/mol. The molecule has 2 N–H and O–H groups in total. The molecule has 2 amide bonds. The van der Waals surface area contributed by atoms with Crippen molar-refractivity contribution in [1.29, 1.82) is 0 Å². The number of hydroxylamine groups is 1. The van der Waals surface area contributed by atoms with Gasteiger partial charge in [0.15, 0.2) is 12.1 Å². The standard InChI is InChI=1S/C16H18N2O5S/c1-10-9-12(17-15(19)11-5-4-8-21-11)24-14(10)16(20)18-23-13-6-2-3-7-22-13/h4-5,8-9,13H,2-3,6-7H2,1H3,(H,17,19)(H,18,20). The van der Waals surface area contributed by atoms with Crippen molar-refractivity contribution in [2.45, 2.75) is 32.5 Å². The van der Waals surface area contributed by atoms with E-state index in [1.54, 1.807) is 25.1 Å². The monoisotopic (exact) mass is 350 g/mol. The van der Waals surface area contributed by atoms with Crippen molar-refractivity contribution in [2.75, 3.05) is 11.9 Å².